The van der Waals surface area contributed by atoms with Gasteiger partial charge in [-0.05, 0) is 70.9 Å². The van der Waals surface area contributed by atoms with E-state index < -0.39 is 10.0 Å². The Morgan fingerprint density at radius 1 is 1.20 bits per heavy atom. The largest absolute Gasteiger partial charge is 0.353 e. The van der Waals surface area contributed by atoms with Crippen LogP contribution in [0, 0.1) is 0 Å². The van der Waals surface area contributed by atoms with Gasteiger partial charge in [0, 0.05) is 18.5 Å². The predicted octanol–water partition coefficient (Wildman–Crippen LogP) is 1.52. The Morgan fingerprint density at radius 2 is 1.80 bits per heavy atom. The van der Waals surface area contributed by atoms with Crippen molar-refractivity contribution in [2.45, 2.75) is 56.5 Å². The molecule has 25 heavy (non-hydrogen) atoms. The molecular formula is C18H29N3O3S. The molecule has 1 aliphatic rings. The van der Waals surface area contributed by atoms with Gasteiger partial charge in [0.1, 0.15) is 0 Å². The molecule has 140 valence electrons. The minimum atomic E-state index is -3.46. The van der Waals surface area contributed by atoms with E-state index in [1.165, 1.54) is 0 Å². The molecule has 1 aromatic rings. The summed E-state index contributed by atoms with van der Waals surface area (Å²) in [6.07, 6.45) is 3.02. The van der Waals surface area contributed by atoms with Crippen molar-refractivity contribution in [3.8, 4) is 0 Å². The lowest BCUT2D eigenvalue weighted by Crippen LogP contribution is -2.43. The Bertz CT molecular complexity index is 663. The number of carbonyl (C=O) groups is 1. The highest BCUT2D eigenvalue weighted by Gasteiger charge is 2.18. The van der Waals surface area contributed by atoms with Crippen molar-refractivity contribution in [3.05, 3.63) is 29.8 Å². The van der Waals surface area contributed by atoms with Gasteiger partial charge < -0.3 is 10.2 Å². The Morgan fingerprint density at radius 3 is 2.36 bits per heavy atom. The zero-order valence-corrected chi connectivity index (χ0v) is 16.1. The van der Waals surface area contributed by atoms with Gasteiger partial charge in [-0.2, -0.15) is 0 Å². The van der Waals surface area contributed by atoms with Crippen molar-refractivity contribution in [2.75, 3.05) is 20.1 Å². The molecule has 0 atom stereocenters. The fourth-order valence-electron chi connectivity index (χ4n) is 2.92. The standard InChI is InChI=1S/C18H29N3O3S/c1-14(2)20-25(23,24)17-7-4-15(5-8-17)6-9-18(22)19-16-10-12-21(3)13-11-16/h4-5,7-8,14,16,20H,6,9-13H2,1-3H3,(H,19,22). The van der Waals surface area contributed by atoms with E-state index in [1.54, 1.807) is 38.1 Å². The number of piperidine rings is 1. The Hall–Kier alpha value is -1.44. The number of hydrogen-bond donors (Lipinski definition) is 2. The van der Waals surface area contributed by atoms with Crippen LogP contribution in [0.25, 0.3) is 0 Å². The Kier molecular flexibility index (Phi) is 6.98. The predicted molar refractivity (Wildman–Crippen MR) is 98.9 cm³/mol. The summed E-state index contributed by atoms with van der Waals surface area (Å²) in [5, 5.41) is 3.10. The summed E-state index contributed by atoms with van der Waals surface area (Å²) in [4.78, 5) is 14.6. The third-order valence-corrected chi connectivity index (χ3v) is 6.02. The van der Waals surface area contributed by atoms with E-state index in [2.05, 4.69) is 22.0 Å². The highest BCUT2D eigenvalue weighted by Crippen LogP contribution is 2.13. The number of likely N-dealkylation sites (tertiary alicyclic amines) is 1. The minimum absolute atomic E-state index is 0.0627. The number of carbonyl (C=O) groups excluding carboxylic acids is 1. The molecule has 1 fully saturated rings. The van der Waals surface area contributed by atoms with Crippen molar-refractivity contribution >= 4 is 15.9 Å². The van der Waals surface area contributed by atoms with E-state index in [0.29, 0.717) is 12.8 Å². The number of amides is 1. The highest BCUT2D eigenvalue weighted by molar-refractivity contribution is 7.89. The van der Waals surface area contributed by atoms with Crippen LogP contribution in [0.5, 0.6) is 0 Å². The molecule has 6 nitrogen and oxygen atoms in total. The molecule has 0 radical (unpaired) electrons. The molecule has 1 aromatic carbocycles. The average Bonchev–Trinajstić information content (AvgIpc) is 2.54. The lowest BCUT2D eigenvalue weighted by molar-refractivity contribution is -0.122. The third-order valence-electron chi connectivity index (χ3n) is 4.35. The first-order valence-electron chi connectivity index (χ1n) is 8.85. The van der Waals surface area contributed by atoms with Gasteiger partial charge in [0.15, 0.2) is 0 Å². The molecule has 2 N–H and O–H groups in total. The lowest BCUT2D eigenvalue weighted by Gasteiger charge is -2.29. The van der Waals surface area contributed by atoms with Crippen molar-refractivity contribution in [3.63, 3.8) is 0 Å². The normalized spacial score (nSPS) is 17.0. The summed E-state index contributed by atoms with van der Waals surface area (Å²) in [6, 6.07) is 6.87. The monoisotopic (exact) mass is 367 g/mol. The van der Waals surface area contributed by atoms with Gasteiger partial charge in [0.2, 0.25) is 15.9 Å². The zero-order chi connectivity index (χ0) is 18.4. The molecule has 7 heteroatoms. The van der Waals surface area contributed by atoms with E-state index >= 15 is 0 Å². The van der Waals surface area contributed by atoms with Crippen molar-refractivity contribution < 1.29 is 13.2 Å². The number of nitrogens with one attached hydrogen (secondary N) is 2. The van der Waals surface area contributed by atoms with E-state index in [0.717, 1.165) is 31.5 Å². The fourth-order valence-corrected chi connectivity index (χ4v) is 4.18. The maximum Gasteiger partial charge on any atom is 0.240 e. The Labute approximate surface area is 151 Å². The molecule has 2 rings (SSSR count). The second kappa shape index (κ2) is 8.78. The van der Waals surface area contributed by atoms with Gasteiger partial charge in [-0.1, -0.05) is 12.1 Å². The quantitative estimate of drug-likeness (QED) is 0.766. The van der Waals surface area contributed by atoms with Crippen molar-refractivity contribution in [2.24, 2.45) is 0 Å². The van der Waals surface area contributed by atoms with E-state index in [1.807, 2.05) is 0 Å². The average molecular weight is 368 g/mol. The summed E-state index contributed by atoms with van der Waals surface area (Å²) in [6.45, 7) is 5.61. The first kappa shape index (κ1) is 19.9. The van der Waals surface area contributed by atoms with Crippen molar-refractivity contribution in [1.82, 2.24) is 14.9 Å². The maximum atomic E-state index is 12.1. The summed E-state index contributed by atoms with van der Waals surface area (Å²) in [7, 11) is -1.37. The molecule has 0 saturated carbocycles. The summed E-state index contributed by atoms with van der Waals surface area (Å²) in [5.41, 5.74) is 0.960. The number of rotatable bonds is 7. The lowest BCUT2D eigenvalue weighted by atomic mass is 10.0. The molecule has 1 heterocycles. The summed E-state index contributed by atoms with van der Waals surface area (Å²) < 4.78 is 26.7. The van der Waals surface area contributed by atoms with E-state index in [4.69, 9.17) is 0 Å². The van der Waals surface area contributed by atoms with E-state index in [9.17, 15) is 13.2 Å². The number of benzene rings is 1. The first-order valence-corrected chi connectivity index (χ1v) is 10.3. The van der Waals surface area contributed by atoms with Crippen LogP contribution in [0.2, 0.25) is 0 Å². The maximum absolute atomic E-state index is 12.1. The van der Waals surface area contributed by atoms with Crippen LogP contribution in [0.4, 0.5) is 0 Å². The van der Waals surface area contributed by atoms with Gasteiger partial charge in [-0.15, -0.1) is 0 Å². The minimum Gasteiger partial charge on any atom is -0.353 e. The highest BCUT2D eigenvalue weighted by atomic mass is 32.2. The van der Waals surface area contributed by atoms with Crippen LogP contribution in [0.15, 0.2) is 29.2 Å². The molecule has 0 aromatic heterocycles. The molecule has 1 aliphatic heterocycles. The van der Waals surface area contributed by atoms with Crippen LogP contribution < -0.4 is 10.0 Å². The van der Waals surface area contributed by atoms with Gasteiger partial charge in [0.25, 0.3) is 0 Å². The second-order valence-corrected chi connectivity index (χ2v) is 8.78. The number of aryl methyl sites for hydroxylation is 1. The molecule has 1 saturated heterocycles. The number of hydrogen-bond acceptors (Lipinski definition) is 4. The summed E-state index contributed by atoms with van der Waals surface area (Å²) in [5.74, 6) is 0.0627. The SMILES string of the molecule is CC(C)NS(=O)(=O)c1ccc(CCC(=O)NC2CCN(C)CC2)cc1. The molecule has 0 unspecified atom stereocenters. The zero-order valence-electron chi connectivity index (χ0n) is 15.3. The topological polar surface area (TPSA) is 78.5 Å². The van der Waals surface area contributed by atoms with Crippen LogP contribution >= 0.6 is 0 Å². The van der Waals surface area contributed by atoms with Crippen LogP contribution in [0.3, 0.4) is 0 Å². The van der Waals surface area contributed by atoms with Crippen LogP contribution in [-0.2, 0) is 21.2 Å². The smallest absolute Gasteiger partial charge is 0.240 e. The van der Waals surface area contributed by atoms with Gasteiger partial charge >= 0.3 is 0 Å². The van der Waals surface area contributed by atoms with Gasteiger partial charge in [-0.25, -0.2) is 13.1 Å². The second-order valence-electron chi connectivity index (χ2n) is 7.07. The van der Waals surface area contributed by atoms with Gasteiger partial charge in [0.05, 0.1) is 4.90 Å². The first-order chi connectivity index (χ1) is 11.8. The number of nitrogens with zero attached hydrogens (tertiary/aromatic N) is 1. The number of sulfonamides is 1. The fraction of sp³-hybridized carbons (Fsp3) is 0.611. The molecule has 0 spiro atoms. The molecule has 0 aliphatic carbocycles. The Balaban J connectivity index is 1.82. The van der Waals surface area contributed by atoms with Gasteiger partial charge in [-0.3, -0.25) is 4.79 Å². The van der Waals surface area contributed by atoms with E-state index in [-0.39, 0.29) is 22.9 Å². The summed E-state index contributed by atoms with van der Waals surface area (Å²) >= 11 is 0. The molecule has 0 bridgehead atoms. The third kappa shape index (κ3) is 6.41. The molecular weight excluding hydrogens is 338 g/mol. The van der Waals surface area contributed by atoms with Crippen molar-refractivity contribution in [1.29, 1.82) is 0 Å². The van der Waals surface area contributed by atoms with Crippen LogP contribution in [0.1, 0.15) is 38.7 Å². The molecule has 1 amide bonds. The van der Waals surface area contributed by atoms with Crippen LogP contribution in [-0.4, -0.2) is 51.4 Å².